The van der Waals surface area contributed by atoms with Gasteiger partial charge in [-0.2, -0.15) is 0 Å². The lowest BCUT2D eigenvalue weighted by Crippen LogP contribution is -2.46. The van der Waals surface area contributed by atoms with Gasteiger partial charge in [-0.3, -0.25) is 0 Å². The Hall–Kier alpha value is -3.67. The van der Waals surface area contributed by atoms with E-state index in [4.69, 9.17) is 4.74 Å². The van der Waals surface area contributed by atoms with E-state index in [9.17, 15) is 9.59 Å². The average Bonchev–Trinajstić information content (AvgIpc) is 2.78. The number of hydrogen-bond donors (Lipinski definition) is 0. The molecule has 1 atom stereocenters. The van der Waals surface area contributed by atoms with Crippen LogP contribution < -0.4 is 4.90 Å². The average molecular weight is 387 g/mol. The Balaban J connectivity index is 1.83. The number of aromatic nitrogens is 1. The summed E-state index contributed by atoms with van der Waals surface area (Å²) in [7, 11) is 1.33. The maximum atomic E-state index is 13.6. The number of carbonyl (C=O) groups is 2. The highest BCUT2D eigenvalue weighted by Crippen LogP contribution is 2.38. The summed E-state index contributed by atoms with van der Waals surface area (Å²) >= 11 is 0. The van der Waals surface area contributed by atoms with Crippen molar-refractivity contribution >= 4 is 23.5 Å². The summed E-state index contributed by atoms with van der Waals surface area (Å²) in [6.07, 6.45) is 1.65. The zero-order valence-corrected chi connectivity index (χ0v) is 16.3. The molecule has 2 amide bonds. The number of hydrogen-bond acceptors (Lipinski definition) is 4. The summed E-state index contributed by atoms with van der Waals surface area (Å²) < 4.78 is 4.92. The maximum absolute atomic E-state index is 13.6. The molecule has 1 aromatic heterocycles. The van der Waals surface area contributed by atoms with Crippen molar-refractivity contribution in [3.05, 3.63) is 89.6 Å². The second kappa shape index (κ2) is 7.75. The summed E-state index contributed by atoms with van der Waals surface area (Å²) in [5.74, 6) is 0.0319. The third-order valence-corrected chi connectivity index (χ3v) is 5.16. The van der Waals surface area contributed by atoms with Gasteiger partial charge >= 0.3 is 12.0 Å². The maximum Gasteiger partial charge on any atom is 0.339 e. The molecular formula is C23H21N3O3. The largest absolute Gasteiger partial charge is 0.465 e. The smallest absolute Gasteiger partial charge is 0.339 e. The van der Waals surface area contributed by atoms with Crippen LogP contribution in [-0.4, -0.2) is 29.0 Å². The van der Waals surface area contributed by atoms with Crippen molar-refractivity contribution in [2.75, 3.05) is 12.0 Å². The van der Waals surface area contributed by atoms with Gasteiger partial charge in [0, 0.05) is 11.8 Å². The van der Waals surface area contributed by atoms with Crippen LogP contribution in [0.15, 0.2) is 72.9 Å². The first-order valence-corrected chi connectivity index (χ1v) is 9.38. The van der Waals surface area contributed by atoms with E-state index in [1.807, 2.05) is 49.4 Å². The fourth-order valence-electron chi connectivity index (χ4n) is 3.61. The van der Waals surface area contributed by atoms with E-state index in [0.717, 1.165) is 11.1 Å². The van der Waals surface area contributed by atoms with Crippen LogP contribution in [0.1, 0.15) is 34.5 Å². The highest BCUT2D eigenvalue weighted by Gasteiger charge is 2.37. The molecule has 0 N–H and O–H groups in total. The number of carbonyl (C=O) groups excluding carboxylic acids is 2. The van der Waals surface area contributed by atoms with Gasteiger partial charge in [0.1, 0.15) is 5.82 Å². The van der Waals surface area contributed by atoms with Crippen molar-refractivity contribution in [1.29, 1.82) is 0 Å². The third kappa shape index (κ3) is 3.33. The number of nitrogens with zero attached hydrogens (tertiary/aromatic N) is 3. The molecule has 0 bridgehead atoms. The Kier molecular flexibility index (Phi) is 4.99. The van der Waals surface area contributed by atoms with Gasteiger partial charge in [-0.05, 0) is 30.7 Å². The van der Waals surface area contributed by atoms with E-state index in [2.05, 4.69) is 4.98 Å². The van der Waals surface area contributed by atoms with Gasteiger partial charge in [-0.15, -0.1) is 0 Å². The summed E-state index contributed by atoms with van der Waals surface area (Å²) in [6, 6.07) is 20.2. The highest BCUT2D eigenvalue weighted by atomic mass is 16.5. The molecule has 1 aliphatic rings. The summed E-state index contributed by atoms with van der Waals surface area (Å²) in [5, 5.41) is 0. The summed E-state index contributed by atoms with van der Waals surface area (Å²) in [5.41, 5.74) is 2.72. The summed E-state index contributed by atoms with van der Waals surface area (Å²) in [6.45, 7) is 2.44. The quantitative estimate of drug-likeness (QED) is 0.609. The van der Waals surface area contributed by atoms with Crippen LogP contribution >= 0.6 is 0 Å². The molecule has 0 saturated carbocycles. The lowest BCUT2D eigenvalue weighted by Gasteiger charge is -2.39. The molecule has 2 aromatic carbocycles. The van der Waals surface area contributed by atoms with E-state index < -0.39 is 5.97 Å². The molecule has 0 radical (unpaired) electrons. The number of esters is 1. The first-order chi connectivity index (χ1) is 14.1. The Morgan fingerprint density at radius 1 is 1.03 bits per heavy atom. The van der Waals surface area contributed by atoms with E-state index in [-0.39, 0.29) is 12.1 Å². The predicted molar refractivity (Wildman–Crippen MR) is 110 cm³/mol. The van der Waals surface area contributed by atoms with Gasteiger partial charge in [0.25, 0.3) is 0 Å². The third-order valence-electron chi connectivity index (χ3n) is 5.16. The number of anilines is 2. The number of para-hydroxylation sites is 1. The van der Waals surface area contributed by atoms with Gasteiger partial charge in [-0.25, -0.2) is 19.5 Å². The molecule has 0 saturated heterocycles. The Labute approximate surface area is 169 Å². The topological polar surface area (TPSA) is 62.7 Å². The zero-order valence-electron chi connectivity index (χ0n) is 16.3. The zero-order chi connectivity index (χ0) is 20.4. The number of methoxy groups -OCH3 is 1. The molecule has 4 rings (SSSR count). The standard InChI is InChI=1S/C23H21N3O3/c1-16(17-9-4-3-5-10-17)25-15-18-11-8-14-24-21(18)26(23(25)28)20-13-7-6-12-19(20)22(27)29-2/h3-14,16H,15H2,1-2H3. The van der Waals surface area contributed by atoms with E-state index in [1.54, 1.807) is 35.4 Å². The first-order valence-electron chi connectivity index (χ1n) is 9.38. The minimum absolute atomic E-state index is 0.148. The van der Waals surface area contributed by atoms with Crippen LogP contribution in [0.2, 0.25) is 0 Å². The molecule has 0 fully saturated rings. The van der Waals surface area contributed by atoms with Crippen LogP contribution in [-0.2, 0) is 11.3 Å². The van der Waals surface area contributed by atoms with Crippen molar-refractivity contribution in [2.24, 2.45) is 0 Å². The van der Waals surface area contributed by atoms with Crippen LogP contribution in [0.25, 0.3) is 0 Å². The van der Waals surface area contributed by atoms with Crippen LogP contribution in [0.5, 0.6) is 0 Å². The predicted octanol–water partition coefficient (Wildman–Crippen LogP) is 4.70. The first kappa shape index (κ1) is 18.7. The molecule has 29 heavy (non-hydrogen) atoms. The molecule has 6 heteroatoms. The monoisotopic (exact) mass is 387 g/mol. The normalized spacial score (nSPS) is 14.3. The minimum atomic E-state index is -0.501. The number of fused-ring (bicyclic) bond motifs is 1. The Morgan fingerprint density at radius 3 is 2.52 bits per heavy atom. The Bertz CT molecular complexity index is 1050. The minimum Gasteiger partial charge on any atom is -0.465 e. The van der Waals surface area contributed by atoms with Crippen molar-refractivity contribution in [3.8, 4) is 0 Å². The van der Waals surface area contributed by atoms with Crippen LogP contribution in [0, 0.1) is 0 Å². The van der Waals surface area contributed by atoms with Crippen molar-refractivity contribution in [2.45, 2.75) is 19.5 Å². The molecule has 6 nitrogen and oxygen atoms in total. The molecule has 2 heterocycles. The highest BCUT2D eigenvalue weighted by molar-refractivity contribution is 6.07. The van der Waals surface area contributed by atoms with E-state index >= 15 is 0 Å². The van der Waals surface area contributed by atoms with Gasteiger partial charge in [0.15, 0.2) is 0 Å². The molecular weight excluding hydrogens is 366 g/mol. The fraction of sp³-hybridized carbons (Fsp3) is 0.174. The number of urea groups is 1. The lowest BCUT2D eigenvalue weighted by atomic mass is 10.0. The molecule has 1 unspecified atom stereocenters. The van der Waals surface area contributed by atoms with Gasteiger partial charge in [-0.1, -0.05) is 48.5 Å². The lowest BCUT2D eigenvalue weighted by molar-refractivity contribution is 0.0601. The second-order valence-electron chi connectivity index (χ2n) is 6.83. The van der Waals surface area contributed by atoms with Crippen LogP contribution in [0.3, 0.4) is 0 Å². The molecule has 3 aromatic rings. The van der Waals surface area contributed by atoms with Gasteiger partial charge in [0.05, 0.1) is 30.9 Å². The SMILES string of the molecule is COC(=O)c1ccccc1N1C(=O)N(C(C)c2ccccc2)Cc2cccnc21. The van der Waals surface area contributed by atoms with E-state index in [1.165, 1.54) is 12.0 Å². The number of amides is 2. The Morgan fingerprint density at radius 2 is 1.76 bits per heavy atom. The number of pyridine rings is 1. The molecule has 0 aliphatic carbocycles. The summed E-state index contributed by atoms with van der Waals surface area (Å²) in [4.78, 5) is 33.7. The number of ether oxygens (including phenoxy) is 1. The number of benzene rings is 2. The van der Waals surface area contributed by atoms with Crippen molar-refractivity contribution in [3.63, 3.8) is 0 Å². The fourth-order valence-corrected chi connectivity index (χ4v) is 3.61. The van der Waals surface area contributed by atoms with Crippen molar-refractivity contribution in [1.82, 2.24) is 9.88 Å². The van der Waals surface area contributed by atoms with Crippen LogP contribution in [0.4, 0.5) is 16.3 Å². The van der Waals surface area contributed by atoms with Crippen molar-refractivity contribution < 1.29 is 14.3 Å². The number of rotatable bonds is 4. The van der Waals surface area contributed by atoms with Gasteiger partial charge in [0.2, 0.25) is 0 Å². The molecule has 146 valence electrons. The molecule has 1 aliphatic heterocycles. The second-order valence-corrected chi connectivity index (χ2v) is 6.83. The van der Waals surface area contributed by atoms with Gasteiger partial charge < -0.3 is 9.64 Å². The molecule has 0 spiro atoms. The van der Waals surface area contributed by atoms with E-state index in [0.29, 0.717) is 23.6 Å².